The number of ether oxygens (including phenoxy) is 1. The number of nitrogens with two attached hydrogens (primary N) is 1. The van der Waals surface area contributed by atoms with Gasteiger partial charge < -0.3 is 15.4 Å². The van der Waals surface area contributed by atoms with Crippen LogP contribution in [0.15, 0.2) is 18.2 Å². The van der Waals surface area contributed by atoms with Gasteiger partial charge in [0.15, 0.2) is 0 Å². The second kappa shape index (κ2) is 5.61. The van der Waals surface area contributed by atoms with E-state index in [-0.39, 0.29) is 17.9 Å². The van der Waals surface area contributed by atoms with Gasteiger partial charge in [0.05, 0.1) is 13.0 Å². The third-order valence-electron chi connectivity index (χ3n) is 3.87. The van der Waals surface area contributed by atoms with Crippen LogP contribution in [0.4, 0.5) is 5.69 Å². The lowest BCUT2D eigenvalue weighted by Gasteiger charge is -2.36. The monoisotopic (exact) mass is 262 g/mol. The molecule has 4 heteroatoms. The Bertz CT molecular complexity index is 473. The molecule has 1 aliphatic heterocycles. The Kier molecular flexibility index (Phi) is 4.10. The second-order valence-corrected chi connectivity index (χ2v) is 5.39. The third kappa shape index (κ3) is 3.07. The van der Waals surface area contributed by atoms with Crippen LogP contribution in [-0.4, -0.2) is 32.2 Å². The van der Waals surface area contributed by atoms with Crippen molar-refractivity contribution >= 4 is 11.7 Å². The van der Waals surface area contributed by atoms with E-state index in [1.165, 1.54) is 18.2 Å². The molecule has 19 heavy (non-hydrogen) atoms. The van der Waals surface area contributed by atoms with Gasteiger partial charge in [-0.1, -0.05) is 6.07 Å². The minimum Gasteiger partial charge on any atom is -0.469 e. The fraction of sp³-hybridized carbons (Fsp3) is 0.533. The number of aryl methyl sites for hydroxylation is 2. The highest BCUT2D eigenvalue weighted by atomic mass is 16.5. The van der Waals surface area contributed by atoms with E-state index in [4.69, 9.17) is 10.5 Å². The summed E-state index contributed by atoms with van der Waals surface area (Å²) in [6, 6.07) is 6.37. The number of nitrogens with zero attached hydrogens (tertiary/aromatic N) is 1. The molecule has 1 aromatic carbocycles. The molecular formula is C15H22N2O2. The molecule has 0 aromatic heterocycles. The normalized spacial score (nSPS) is 23.3. The van der Waals surface area contributed by atoms with E-state index in [1.807, 2.05) is 0 Å². The molecule has 1 saturated heterocycles. The predicted octanol–water partition coefficient (Wildman–Crippen LogP) is 1.63. The van der Waals surface area contributed by atoms with Crippen LogP contribution in [0.5, 0.6) is 0 Å². The van der Waals surface area contributed by atoms with Crippen LogP contribution >= 0.6 is 0 Å². The minimum atomic E-state index is -0.163. The maximum atomic E-state index is 11.7. The van der Waals surface area contributed by atoms with Crippen LogP contribution in [0.25, 0.3) is 0 Å². The Morgan fingerprint density at radius 3 is 2.68 bits per heavy atom. The number of rotatable bonds is 2. The van der Waals surface area contributed by atoms with E-state index < -0.39 is 0 Å². The van der Waals surface area contributed by atoms with Crippen molar-refractivity contribution in [3.63, 3.8) is 0 Å². The molecular weight excluding hydrogens is 240 g/mol. The SMILES string of the molecule is COC(=O)C1CC(N)CN(c2ccc(C)c(C)c2)C1. The van der Waals surface area contributed by atoms with E-state index in [2.05, 4.69) is 36.9 Å². The fourth-order valence-corrected chi connectivity index (χ4v) is 2.61. The van der Waals surface area contributed by atoms with Crippen molar-refractivity contribution in [2.45, 2.75) is 26.3 Å². The van der Waals surface area contributed by atoms with Gasteiger partial charge in [0.2, 0.25) is 0 Å². The van der Waals surface area contributed by atoms with Crippen LogP contribution in [0.2, 0.25) is 0 Å². The Hall–Kier alpha value is -1.55. The molecule has 2 atom stereocenters. The van der Waals surface area contributed by atoms with Crippen molar-refractivity contribution in [1.29, 1.82) is 0 Å². The minimum absolute atomic E-state index is 0.0134. The number of piperidine rings is 1. The lowest BCUT2D eigenvalue weighted by atomic mass is 9.94. The largest absolute Gasteiger partial charge is 0.469 e. The van der Waals surface area contributed by atoms with Gasteiger partial charge in [0.25, 0.3) is 0 Å². The summed E-state index contributed by atoms with van der Waals surface area (Å²) < 4.78 is 4.84. The van der Waals surface area contributed by atoms with E-state index in [1.54, 1.807) is 0 Å². The van der Waals surface area contributed by atoms with Crippen LogP contribution < -0.4 is 10.6 Å². The summed E-state index contributed by atoms with van der Waals surface area (Å²) in [5.41, 5.74) is 9.72. The molecule has 1 aromatic rings. The first-order valence-electron chi connectivity index (χ1n) is 6.67. The van der Waals surface area contributed by atoms with Gasteiger partial charge in [-0.25, -0.2) is 0 Å². The van der Waals surface area contributed by atoms with E-state index >= 15 is 0 Å². The van der Waals surface area contributed by atoms with Crippen molar-refractivity contribution in [3.8, 4) is 0 Å². The second-order valence-electron chi connectivity index (χ2n) is 5.39. The summed E-state index contributed by atoms with van der Waals surface area (Å²) in [7, 11) is 1.43. The van der Waals surface area contributed by atoms with Crippen molar-refractivity contribution in [1.82, 2.24) is 0 Å². The summed E-state index contributed by atoms with van der Waals surface area (Å²) in [5, 5.41) is 0. The lowest BCUT2D eigenvalue weighted by molar-refractivity contribution is -0.145. The summed E-state index contributed by atoms with van der Waals surface area (Å²) in [6.07, 6.45) is 0.702. The van der Waals surface area contributed by atoms with Crippen LogP contribution in [0, 0.1) is 19.8 Å². The molecule has 1 heterocycles. The summed E-state index contributed by atoms with van der Waals surface area (Å²) in [4.78, 5) is 13.9. The number of carbonyl (C=O) groups is 1. The highest BCUT2D eigenvalue weighted by Crippen LogP contribution is 2.25. The fourth-order valence-electron chi connectivity index (χ4n) is 2.61. The molecule has 0 aliphatic carbocycles. The zero-order chi connectivity index (χ0) is 14.0. The molecule has 0 saturated carbocycles. The molecule has 2 unspecified atom stereocenters. The number of anilines is 1. The molecule has 2 N–H and O–H groups in total. The molecule has 2 rings (SSSR count). The lowest BCUT2D eigenvalue weighted by Crippen LogP contribution is -2.49. The highest BCUT2D eigenvalue weighted by Gasteiger charge is 2.30. The maximum Gasteiger partial charge on any atom is 0.310 e. The van der Waals surface area contributed by atoms with Gasteiger partial charge in [-0.05, 0) is 43.5 Å². The third-order valence-corrected chi connectivity index (χ3v) is 3.87. The van der Waals surface area contributed by atoms with Gasteiger partial charge in [0.1, 0.15) is 0 Å². The molecule has 0 spiro atoms. The Balaban J connectivity index is 2.18. The maximum absolute atomic E-state index is 11.7. The smallest absolute Gasteiger partial charge is 0.310 e. The zero-order valence-corrected chi connectivity index (χ0v) is 11.8. The summed E-state index contributed by atoms with van der Waals surface area (Å²) in [5.74, 6) is -0.292. The zero-order valence-electron chi connectivity index (χ0n) is 11.8. The molecule has 4 nitrogen and oxygen atoms in total. The van der Waals surface area contributed by atoms with Gasteiger partial charge in [-0.2, -0.15) is 0 Å². The molecule has 0 radical (unpaired) electrons. The van der Waals surface area contributed by atoms with E-state index in [0.717, 1.165) is 12.2 Å². The summed E-state index contributed by atoms with van der Waals surface area (Å²) in [6.45, 7) is 5.66. The van der Waals surface area contributed by atoms with Crippen LogP contribution in [0.1, 0.15) is 17.5 Å². The highest BCUT2D eigenvalue weighted by molar-refractivity contribution is 5.73. The molecule has 1 aliphatic rings. The van der Waals surface area contributed by atoms with Crippen molar-refractivity contribution in [2.75, 3.05) is 25.1 Å². The van der Waals surface area contributed by atoms with Crippen molar-refractivity contribution < 1.29 is 9.53 Å². The first-order valence-corrected chi connectivity index (χ1v) is 6.67. The number of methoxy groups -OCH3 is 1. The molecule has 1 fully saturated rings. The standard InChI is InChI=1S/C15H22N2O2/c1-10-4-5-14(6-11(10)2)17-8-12(15(18)19-3)7-13(16)9-17/h4-6,12-13H,7-9,16H2,1-3H3. The Morgan fingerprint density at radius 2 is 2.05 bits per heavy atom. The number of esters is 1. The Morgan fingerprint density at radius 1 is 1.32 bits per heavy atom. The number of carbonyl (C=O) groups excluding carboxylic acids is 1. The Labute approximate surface area is 114 Å². The average molecular weight is 262 g/mol. The number of hydrogen-bond acceptors (Lipinski definition) is 4. The van der Waals surface area contributed by atoms with E-state index in [0.29, 0.717) is 13.0 Å². The van der Waals surface area contributed by atoms with Gasteiger partial charge in [0, 0.05) is 24.8 Å². The van der Waals surface area contributed by atoms with Gasteiger partial charge >= 0.3 is 5.97 Å². The van der Waals surface area contributed by atoms with Crippen molar-refractivity contribution in [3.05, 3.63) is 29.3 Å². The van der Waals surface area contributed by atoms with E-state index in [9.17, 15) is 4.79 Å². The summed E-state index contributed by atoms with van der Waals surface area (Å²) >= 11 is 0. The van der Waals surface area contributed by atoms with Gasteiger partial charge in [-0.3, -0.25) is 4.79 Å². The average Bonchev–Trinajstić information content (AvgIpc) is 2.40. The molecule has 0 amide bonds. The van der Waals surface area contributed by atoms with Crippen LogP contribution in [-0.2, 0) is 9.53 Å². The molecule has 104 valence electrons. The van der Waals surface area contributed by atoms with Crippen molar-refractivity contribution in [2.24, 2.45) is 11.7 Å². The predicted molar refractivity (Wildman–Crippen MR) is 76.2 cm³/mol. The van der Waals surface area contributed by atoms with Crippen LogP contribution in [0.3, 0.4) is 0 Å². The topological polar surface area (TPSA) is 55.6 Å². The number of hydrogen-bond donors (Lipinski definition) is 1. The molecule has 0 bridgehead atoms. The van der Waals surface area contributed by atoms with Gasteiger partial charge in [-0.15, -0.1) is 0 Å². The first-order chi connectivity index (χ1) is 9.01. The number of benzene rings is 1. The quantitative estimate of drug-likeness (QED) is 0.823. The first kappa shape index (κ1) is 13.9.